The number of benzene rings is 1. The number of rotatable bonds is 4. The highest BCUT2D eigenvalue weighted by molar-refractivity contribution is 6.32. The van der Waals surface area contributed by atoms with E-state index < -0.39 is 36.5 Å². The minimum absolute atomic E-state index is 0.0209. The van der Waals surface area contributed by atoms with Crippen molar-refractivity contribution in [3.8, 4) is 5.75 Å². The van der Waals surface area contributed by atoms with Gasteiger partial charge in [-0.25, -0.2) is 4.39 Å². The first-order valence-electron chi connectivity index (χ1n) is 7.19. The van der Waals surface area contributed by atoms with Crippen molar-refractivity contribution in [3.63, 3.8) is 0 Å². The van der Waals surface area contributed by atoms with Crippen LogP contribution in [-0.2, 0) is 4.79 Å². The lowest BCUT2D eigenvalue weighted by Crippen LogP contribution is -2.43. The van der Waals surface area contributed by atoms with Gasteiger partial charge in [0.1, 0.15) is 11.6 Å². The molecule has 0 bridgehead atoms. The quantitative estimate of drug-likeness (QED) is 0.828. The summed E-state index contributed by atoms with van der Waals surface area (Å²) in [5, 5.41) is 2.56. The van der Waals surface area contributed by atoms with E-state index in [2.05, 4.69) is 5.32 Å². The largest absolute Gasteiger partial charge is 0.482 e. The van der Waals surface area contributed by atoms with E-state index in [0.29, 0.717) is 12.8 Å². The maximum atomic E-state index is 12.9. The van der Waals surface area contributed by atoms with Crippen LogP contribution >= 0.6 is 11.6 Å². The second kappa shape index (κ2) is 7.38. The molecule has 0 spiro atoms. The molecule has 0 radical (unpaired) electrons. The third-order valence-corrected chi connectivity index (χ3v) is 4.05. The van der Waals surface area contributed by atoms with Gasteiger partial charge in [0.15, 0.2) is 6.61 Å². The SMILES string of the molecule is O=C(COc1ccc(F)cc1Cl)NC1CCCC(C(F)(F)F)C1. The summed E-state index contributed by atoms with van der Waals surface area (Å²) in [6.07, 6.45) is -3.33. The van der Waals surface area contributed by atoms with Gasteiger partial charge < -0.3 is 10.1 Å². The van der Waals surface area contributed by atoms with E-state index in [-0.39, 0.29) is 23.6 Å². The second-order valence-corrected chi connectivity index (χ2v) is 5.94. The molecule has 1 aliphatic carbocycles. The number of halogens is 5. The van der Waals surface area contributed by atoms with E-state index in [9.17, 15) is 22.4 Å². The third-order valence-electron chi connectivity index (χ3n) is 3.75. The van der Waals surface area contributed by atoms with Gasteiger partial charge in [-0.3, -0.25) is 4.79 Å². The van der Waals surface area contributed by atoms with Crippen molar-refractivity contribution in [2.75, 3.05) is 6.61 Å². The summed E-state index contributed by atoms with van der Waals surface area (Å²) in [6, 6.07) is 2.94. The Bertz CT molecular complexity index is 565. The summed E-state index contributed by atoms with van der Waals surface area (Å²) in [5.74, 6) is -2.31. The molecule has 3 nitrogen and oxygen atoms in total. The van der Waals surface area contributed by atoms with Crippen molar-refractivity contribution in [2.24, 2.45) is 5.92 Å². The van der Waals surface area contributed by atoms with E-state index in [1.165, 1.54) is 6.07 Å². The Morgan fingerprint density at radius 2 is 2.09 bits per heavy atom. The number of carbonyl (C=O) groups excluding carboxylic acids is 1. The fourth-order valence-electron chi connectivity index (χ4n) is 2.62. The van der Waals surface area contributed by atoms with Crippen LogP contribution < -0.4 is 10.1 Å². The molecule has 0 aliphatic heterocycles. The Morgan fingerprint density at radius 1 is 1.35 bits per heavy atom. The van der Waals surface area contributed by atoms with Crippen LogP contribution in [0.15, 0.2) is 18.2 Å². The molecular weight excluding hydrogens is 338 g/mol. The van der Waals surface area contributed by atoms with Gasteiger partial charge in [0, 0.05) is 6.04 Å². The molecule has 8 heteroatoms. The molecule has 1 N–H and O–H groups in total. The lowest BCUT2D eigenvalue weighted by atomic mass is 9.85. The van der Waals surface area contributed by atoms with Gasteiger partial charge in [0.25, 0.3) is 5.91 Å². The number of hydrogen-bond acceptors (Lipinski definition) is 2. The van der Waals surface area contributed by atoms with Gasteiger partial charge in [0.05, 0.1) is 10.9 Å². The smallest absolute Gasteiger partial charge is 0.391 e. The van der Waals surface area contributed by atoms with Crippen LogP contribution in [0.25, 0.3) is 0 Å². The van der Waals surface area contributed by atoms with E-state index >= 15 is 0 Å². The fraction of sp³-hybridized carbons (Fsp3) is 0.533. The van der Waals surface area contributed by atoms with Crippen molar-refractivity contribution in [1.29, 1.82) is 0 Å². The molecule has 128 valence electrons. The van der Waals surface area contributed by atoms with Crippen LogP contribution in [0.1, 0.15) is 25.7 Å². The molecule has 0 aromatic heterocycles. The molecule has 1 amide bonds. The first-order chi connectivity index (χ1) is 10.8. The summed E-state index contributed by atoms with van der Waals surface area (Å²) >= 11 is 5.75. The summed E-state index contributed by atoms with van der Waals surface area (Å²) in [5.41, 5.74) is 0. The van der Waals surface area contributed by atoms with Gasteiger partial charge in [-0.2, -0.15) is 13.2 Å². The number of carbonyl (C=O) groups is 1. The second-order valence-electron chi connectivity index (χ2n) is 5.53. The Labute approximate surface area is 136 Å². The molecule has 2 atom stereocenters. The molecule has 2 rings (SSSR count). The highest BCUT2D eigenvalue weighted by atomic mass is 35.5. The van der Waals surface area contributed by atoms with Crippen molar-refractivity contribution in [1.82, 2.24) is 5.32 Å². The maximum absolute atomic E-state index is 12.9. The van der Waals surface area contributed by atoms with Crippen LogP contribution in [-0.4, -0.2) is 24.7 Å². The minimum Gasteiger partial charge on any atom is -0.482 e. The highest BCUT2D eigenvalue weighted by Gasteiger charge is 2.42. The number of amides is 1. The number of hydrogen-bond donors (Lipinski definition) is 1. The van der Waals surface area contributed by atoms with Crippen LogP contribution in [0.3, 0.4) is 0 Å². The first kappa shape index (κ1) is 17.8. The average molecular weight is 354 g/mol. The molecule has 0 heterocycles. The monoisotopic (exact) mass is 353 g/mol. The lowest BCUT2D eigenvalue weighted by Gasteiger charge is -2.31. The van der Waals surface area contributed by atoms with Crippen molar-refractivity contribution < 1.29 is 27.1 Å². The molecule has 0 saturated heterocycles. The number of ether oxygens (including phenoxy) is 1. The highest BCUT2D eigenvalue weighted by Crippen LogP contribution is 2.37. The average Bonchev–Trinajstić information content (AvgIpc) is 2.45. The fourth-order valence-corrected chi connectivity index (χ4v) is 2.84. The van der Waals surface area contributed by atoms with Crippen LogP contribution in [0.2, 0.25) is 5.02 Å². The molecule has 1 aromatic carbocycles. The zero-order chi connectivity index (χ0) is 17.0. The summed E-state index contributed by atoms with van der Waals surface area (Å²) in [7, 11) is 0. The maximum Gasteiger partial charge on any atom is 0.391 e. The summed E-state index contributed by atoms with van der Waals surface area (Å²) in [4.78, 5) is 11.8. The van der Waals surface area contributed by atoms with E-state index in [1.54, 1.807) is 0 Å². The Balaban J connectivity index is 1.82. The standard InChI is InChI=1S/C15H16ClF4NO2/c16-12-7-10(17)4-5-13(12)23-8-14(22)21-11-3-1-2-9(6-11)15(18,19)20/h4-5,7,9,11H,1-3,6,8H2,(H,21,22). The molecular formula is C15H16ClF4NO2. The van der Waals surface area contributed by atoms with Gasteiger partial charge in [-0.05, 0) is 37.5 Å². The predicted molar refractivity (Wildman–Crippen MR) is 76.8 cm³/mol. The van der Waals surface area contributed by atoms with E-state index in [0.717, 1.165) is 12.1 Å². The zero-order valence-corrected chi connectivity index (χ0v) is 12.9. The number of nitrogens with one attached hydrogen (secondary N) is 1. The van der Waals surface area contributed by atoms with Gasteiger partial charge in [-0.15, -0.1) is 0 Å². The van der Waals surface area contributed by atoms with Crippen molar-refractivity contribution in [3.05, 3.63) is 29.0 Å². The Hall–Kier alpha value is -1.50. The van der Waals surface area contributed by atoms with Crippen molar-refractivity contribution in [2.45, 2.75) is 37.9 Å². The Kier molecular flexibility index (Phi) is 5.73. The first-order valence-corrected chi connectivity index (χ1v) is 7.57. The molecule has 2 unspecified atom stereocenters. The molecule has 1 saturated carbocycles. The van der Waals surface area contributed by atoms with E-state index in [1.807, 2.05) is 0 Å². The molecule has 23 heavy (non-hydrogen) atoms. The third kappa shape index (κ3) is 5.27. The zero-order valence-electron chi connectivity index (χ0n) is 12.1. The summed E-state index contributed by atoms with van der Waals surface area (Å²) < 4.78 is 56.2. The topological polar surface area (TPSA) is 38.3 Å². The van der Waals surface area contributed by atoms with Crippen LogP contribution in [0.4, 0.5) is 17.6 Å². The molecule has 1 fully saturated rings. The Morgan fingerprint density at radius 3 is 2.74 bits per heavy atom. The van der Waals surface area contributed by atoms with Gasteiger partial charge in [0.2, 0.25) is 0 Å². The molecule has 1 aliphatic rings. The number of alkyl halides is 3. The lowest BCUT2D eigenvalue weighted by molar-refractivity contribution is -0.184. The van der Waals surface area contributed by atoms with Gasteiger partial charge >= 0.3 is 6.18 Å². The van der Waals surface area contributed by atoms with E-state index in [4.69, 9.17) is 16.3 Å². The van der Waals surface area contributed by atoms with Gasteiger partial charge in [-0.1, -0.05) is 18.0 Å². The minimum atomic E-state index is -4.23. The van der Waals surface area contributed by atoms with Crippen LogP contribution in [0.5, 0.6) is 5.75 Å². The summed E-state index contributed by atoms with van der Waals surface area (Å²) in [6.45, 7) is -0.390. The van der Waals surface area contributed by atoms with Crippen LogP contribution in [0, 0.1) is 11.7 Å². The van der Waals surface area contributed by atoms with Crippen molar-refractivity contribution >= 4 is 17.5 Å². The molecule has 1 aromatic rings. The predicted octanol–water partition coefficient (Wildman–Crippen LogP) is 4.10. The normalized spacial score (nSPS) is 21.8.